The molecule has 0 saturated heterocycles. The van der Waals surface area contributed by atoms with Crippen molar-refractivity contribution < 1.29 is 9.59 Å². The Kier molecular flexibility index (Phi) is 5.85. The van der Waals surface area contributed by atoms with Crippen LogP contribution in [0.3, 0.4) is 0 Å². The van der Waals surface area contributed by atoms with Crippen molar-refractivity contribution in [1.82, 2.24) is 15.2 Å². The largest absolute Gasteiger partial charge is 0.379 e. The lowest BCUT2D eigenvalue weighted by molar-refractivity contribution is 0.0822. The number of hydrogen-bond donors (Lipinski definition) is 3. The van der Waals surface area contributed by atoms with Crippen LogP contribution in [0.4, 0.5) is 5.69 Å². The van der Waals surface area contributed by atoms with Crippen LogP contribution in [0.25, 0.3) is 0 Å². The number of carbonyl (C=O) groups excluding carboxylic acids is 2. The van der Waals surface area contributed by atoms with Gasteiger partial charge in [0.2, 0.25) is 0 Å². The lowest BCUT2D eigenvalue weighted by atomic mass is 10.1. The topological polar surface area (TPSA) is 77.2 Å². The fourth-order valence-corrected chi connectivity index (χ4v) is 2.47. The molecule has 0 radical (unpaired) electrons. The molecular weight excluding hydrogens is 316 g/mol. The fraction of sp³-hybridized carbons (Fsp3) is 0.368. The Hall–Kier alpha value is -2.76. The molecule has 1 aromatic carbocycles. The van der Waals surface area contributed by atoms with E-state index in [1.54, 1.807) is 20.2 Å². The van der Waals surface area contributed by atoms with Gasteiger partial charge < -0.3 is 20.5 Å². The zero-order chi connectivity index (χ0) is 18.6. The van der Waals surface area contributed by atoms with Crippen molar-refractivity contribution in [3.63, 3.8) is 0 Å². The summed E-state index contributed by atoms with van der Waals surface area (Å²) >= 11 is 0. The van der Waals surface area contributed by atoms with Crippen molar-refractivity contribution in [2.24, 2.45) is 0 Å². The number of aromatic nitrogens is 1. The average molecular weight is 342 g/mol. The van der Waals surface area contributed by atoms with Crippen LogP contribution in [0.5, 0.6) is 0 Å². The van der Waals surface area contributed by atoms with Gasteiger partial charge in [0.1, 0.15) is 5.69 Å². The third kappa shape index (κ3) is 4.86. The van der Waals surface area contributed by atoms with Crippen LogP contribution in [0.2, 0.25) is 0 Å². The third-order valence-corrected chi connectivity index (χ3v) is 3.76. The highest BCUT2D eigenvalue weighted by Crippen LogP contribution is 2.16. The predicted octanol–water partition coefficient (Wildman–Crippen LogP) is 2.78. The molecule has 0 aliphatic carbocycles. The molecule has 0 aliphatic heterocycles. The van der Waals surface area contributed by atoms with Crippen LogP contribution >= 0.6 is 0 Å². The van der Waals surface area contributed by atoms with Gasteiger partial charge in [-0.2, -0.15) is 0 Å². The molecule has 1 aromatic heterocycles. The molecule has 0 atom stereocenters. The quantitative estimate of drug-likeness (QED) is 0.755. The SMILES string of the molecule is Cc1cc(NCc2ccc(C(=O)N(C)C)[nH]2)ccc1C(=O)NC(C)C. The van der Waals surface area contributed by atoms with Crippen molar-refractivity contribution in [1.29, 1.82) is 0 Å². The summed E-state index contributed by atoms with van der Waals surface area (Å²) < 4.78 is 0. The molecule has 1 heterocycles. The third-order valence-electron chi connectivity index (χ3n) is 3.76. The molecule has 2 rings (SSSR count). The normalized spacial score (nSPS) is 10.6. The van der Waals surface area contributed by atoms with E-state index in [1.807, 2.05) is 45.0 Å². The number of hydrogen-bond acceptors (Lipinski definition) is 3. The number of anilines is 1. The summed E-state index contributed by atoms with van der Waals surface area (Å²) in [6, 6.07) is 9.44. The minimum Gasteiger partial charge on any atom is -0.379 e. The Labute approximate surface area is 148 Å². The van der Waals surface area contributed by atoms with Gasteiger partial charge in [-0.1, -0.05) is 0 Å². The van der Waals surface area contributed by atoms with Gasteiger partial charge in [-0.15, -0.1) is 0 Å². The lowest BCUT2D eigenvalue weighted by Crippen LogP contribution is -2.30. The van der Waals surface area contributed by atoms with E-state index >= 15 is 0 Å². The first-order chi connectivity index (χ1) is 11.8. The molecule has 0 bridgehead atoms. The van der Waals surface area contributed by atoms with Crippen LogP contribution in [0, 0.1) is 6.92 Å². The number of H-pyrrole nitrogens is 1. The maximum atomic E-state index is 12.1. The van der Waals surface area contributed by atoms with Crippen molar-refractivity contribution in [3.8, 4) is 0 Å². The first-order valence-electron chi connectivity index (χ1n) is 8.33. The van der Waals surface area contributed by atoms with Gasteiger partial charge in [0, 0.05) is 37.1 Å². The number of rotatable bonds is 6. The van der Waals surface area contributed by atoms with E-state index in [2.05, 4.69) is 15.6 Å². The van der Waals surface area contributed by atoms with E-state index in [9.17, 15) is 9.59 Å². The van der Waals surface area contributed by atoms with Gasteiger partial charge in [0.25, 0.3) is 11.8 Å². The number of aryl methyl sites for hydroxylation is 1. The summed E-state index contributed by atoms with van der Waals surface area (Å²) in [4.78, 5) is 28.7. The lowest BCUT2D eigenvalue weighted by Gasteiger charge is -2.12. The summed E-state index contributed by atoms with van der Waals surface area (Å²) in [5.74, 6) is -0.113. The number of benzene rings is 1. The van der Waals surface area contributed by atoms with E-state index in [1.165, 1.54) is 4.90 Å². The molecule has 0 saturated carbocycles. The first kappa shape index (κ1) is 18.6. The van der Waals surface area contributed by atoms with Gasteiger partial charge in [-0.05, 0) is 56.7 Å². The second-order valence-electron chi connectivity index (χ2n) is 6.61. The van der Waals surface area contributed by atoms with Gasteiger partial charge in [-0.3, -0.25) is 9.59 Å². The molecule has 0 fully saturated rings. The summed E-state index contributed by atoms with van der Waals surface area (Å²) in [5, 5.41) is 6.20. The molecule has 2 amide bonds. The Bertz CT molecular complexity index is 763. The Morgan fingerprint density at radius 1 is 1.16 bits per heavy atom. The minimum absolute atomic E-state index is 0.0531. The minimum atomic E-state index is -0.0599. The molecule has 6 heteroatoms. The summed E-state index contributed by atoms with van der Waals surface area (Å²) in [7, 11) is 3.45. The van der Waals surface area contributed by atoms with Crippen LogP contribution in [0.15, 0.2) is 30.3 Å². The number of nitrogens with zero attached hydrogens (tertiary/aromatic N) is 1. The van der Waals surface area contributed by atoms with Gasteiger partial charge in [0.15, 0.2) is 0 Å². The molecule has 134 valence electrons. The summed E-state index contributed by atoms with van der Waals surface area (Å²) in [5.41, 5.74) is 4.01. The highest BCUT2D eigenvalue weighted by Gasteiger charge is 2.12. The second-order valence-corrected chi connectivity index (χ2v) is 6.61. The standard InChI is InChI=1S/C19H26N4O2/c1-12(2)21-18(24)16-8-6-14(10-13(16)3)20-11-15-7-9-17(22-15)19(25)23(4)5/h6-10,12,20,22H,11H2,1-5H3,(H,21,24). The van der Waals surface area contributed by atoms with Crippen LogP contribution in [-0.2, 0) is 6.54 Å². The Morgan fingerprint density at radius 3 is 2.48 bits per heavy atom. The van der Waals surface area contributed by atoms with Crippen LogP contribution in [0.1, 0.15) is 46.0 Å². The van der Waals surface area contributed by atoms with Crippen molar-refractivity contribution in [2.45, 2.75) is 33.4 Å². The fourth-order valence-electron chi connectivity index (χ4n) is 2.47. The van der Waals surface area contributed by atoms with Gasteiger partial charge >= 0.3 is 0 Å². The molecule has 0 aliphatic rings. The van der Waals surface area contributed by atoms with Crippen LogP contribution in [-0.4, -0.2) is 41.8 Å². The molecule has 25 heavy (non-hydrogen) atoms. The number of nitrogens with one attached hydrogen (secondary N) is 3. The Balaban J connectivity index is 2.01. The zero-order valence-corrected chi connectivity index (χ0v) is 15.4. The summed E-state index contributed by atoms with van der Waals surface area (Å²) in [6.07, 6.45) is 0. The smallest absolute Gasteiger partial charge is 0.269 e. The van der Waals surface area contributed by atoms with E-state index in [0.29, 0.717) is 17.8 Å². The molecular formula is C19H26N4O2. The number of amides is 2. The molecule has 6 nitrogen and oxygen atoms in total. The van der Waals surface area contributed by atoms with Crippen molar-refractivity contribution in [3.05, 3.63) is 52.8 Å². The van der Waals surface area contributed by atoms with Crippen molar-refractivity contribution >= 4 is 17.5 Å². The zero-order valence-electron chi connectivity index (χ0n) is 15.4. The average Bonchev–Trinajstić information content (AvgIpc) is 3.00. The Morgan fingerprint density at radius 2 is 1.88 bits per heavy atom. The maximum Gasteiger partial charge on any atom is 0.269 e. The van der Waals surface area contributed by atoms with Gasteiger partial charge in [0.05, 0.1) is 6.54 Å². The summed E-state index contributed by atoms with van der Waals surface area (Å²) in [6.45, 7) is 6.37. The van der Waals surface area contributed by atoms with E-state index in [-0.39, 0.29) is 17.9 Å². The maximum absolute atomic E-state index is 12.1. The highest BCUT2D eigenvalue weighted by atomic mass is 16.2. The molecule has 3 N–H and O–H groups in total. The van der Waals surface area contributed by atoms with Crippen molar-refractivity contribution in [2.75, 3.05) is 19.4 Å². The van der Waals surface area contributed by atoms with Crippen LogP contribution < -0.4 is 10.6 Å². The monoisotopic (exact) mass is 342 g/mol. The van der Waals surface area contributed by atoms with E-state index in [4.69, 9.17) is 0 Å². The molecule has 0 spiro atoms. The first-order valence-corrected chi connectivity index (χ1v) is 8.33. The van der Waals surface area contributed by atoms with Gasteiger partial charge in [-0.25, -0.2) is 0 Å². The van der Waals surface area contributed by atoms with E-state index < -0.39 is 0 Å². The second kappa shape index (κ2) is 7.88. The number of carbonyl (C=O) groups is 2. The highest BCUT2D eigenvalue weighted by molar-refractivity contribution is 5.96. The molecule has 2 aromatic rings. The van der Waals surface area contributed by atoms with E-state index in [0.717, 1.165) is 16.9 Å². The predicted molar refractivity (Wildman–Crippen MR) is 99.9 cm³/mol. The number of aromatic amines is 1. The molecule has 0 unspecified atom stereocenters.